The summed E-state index contributed by atoms with van der Waals surface area (Å²) in [6.45, 7) is 2.88. The predicted molar refractivity (Wildman–Crippen MR) is 78.0 cm³/mol. The lowest BCUT2D eigenvalue weighted by Gasteiger charge is -2.32. The molecule has 1 heterocycles. The molecule has 3 nitrogen and oxygen atoms in total. The molecule has 0 saturated heterocycles. The van der Waals surface area contributed by atoms with Crippen LogP contribution in [0.4, 0.5) is 0 Å². The van der Waals surface area contributed by atoms with Crippen molar-refractivity contribution in [2.24, 2.45) is 0 Å². The quantitative estimate of drug-likeness (QED) is 0.765. The van der Waals surface area contributed by atoms with Crippen LogP contribution in [0.15, 0.2) is 24.3 Å². The molecule has 0 spiro atoms. The average Bonchev–Trinajstić information content (AvgIpc) is 2.47. The molecule has 0 amide bonds. The smallest absolute Gasteiger partial charge is 0.161 e. The van der Waals surface area contributed by atoms with Crippen LogP contribution in [-0.2, 0) is 0 Å². The van der Waals surface area contributed by atoms with E-state index >= 15 is 0 Å². The van der Waals surface area contributed by atoms with Crippen LogP contribution in [0.25, 0.3) is 0 Å². The maximum atomic E-state index is 6.05. The van der Waals surface area contributed by atoms with Gasteiger partial charge in [-0.15, -0.1) is 0 Å². The third-order valence-corrected chi connectivity index (χ3v) is 3.72. The minimum absolute atomic E-state index is 0.113. The summed E-state index contributed by atoms with van der Waals surface area (Å²) in [5.74, 6) is 1.73. The fourth-order valence-electron chi connectivity index (χ4n) is 2.54. The van der Waals surface area contributed by atoms with E-state index in [2.05, 4.69) is 12.2 Å². The molecule has 0 saturated carbocycles. The highest BCUT2D eigenvalue weighted by Crippen LogP contribution is 2.32. The summed E-state index contributed by atoms with van der Waals surface area (Å²) in [7, 11) is 2.01. The van der Waals surface area contributed by atoms with Crippen molar-refractivity contribution < 1.29 is 9.47 Å². The summed E-state index contributed by atoms with van der Waals surface area (Å²) >= 11 is 0. The molecule has 0 bridgehead atoms. The maximum absolute atomic E-state index is 6.05. The lowest BCUT2D eigenvalue weighted by Crippen LogP contribution is -2.46. The van der Waals surface area contributed by atoms with Crippen LogP contribution in [0.5, 0.6) is 11.5 Å². The zero-order valence-corrected chi connectivity index (χ0v) is 12.0. The number of hydrogen-bond donors (Lipinski definition) is 1. The van der Waals surface area contributed by atoms with Gasteiger partial charge in [-0.2, -0.15) is 0 Å². The molecule has 0 fully saturated rings. The van der Waals surface area contributed by atoms with Crippen molar-refractivity contribution in [3.8, 4) is 11.5 Å². The molecule has 0 aliphatic carbocycles. The minimum atomic E-state index is 0.113. The Labute approximate surface area is 116 Å². The minimum Gasteiger partial charge on any atom is -0.486 e. The SMILES string of the molecule is CCCCCCC(NC)C1COc2ccccc2O1. The highest BCUT2D eigenvalue weighted by Gasteiger charge is 2.27. The van der Waals surface area contributed by atoms with E-state index in [1.54, 1.807) is 0 Å². The molecule has 2 rings (SSSR count). The molecule has 2 atom stereocenters. The van der Waals surface area contributed by atoms with E-state index in [-0.39, 0.29) is 6.10 Å². The molecule has 0 radical (unpaired) electrons. The molecule has 3 heteroatoms. The lowest BCUT2D eigenvalue weighted by atomic mass is 10.0. The van der Waals surface area contributed by atoms with Gasteiger partial charge >= 0.3 is 0 Å². The molecule has 0 aromatic heterocycles. The van der Waals surface area contributed by atoms with E-state index in [0.29, 0.717) is 12.6 Å². The highest BCUT2D eigenvalue weighted by molar-refractivity contribution is 5.40. The fraction of sp³-hybridized carbons (Fsp3) is 0.625. The topological polar surface area (TPSA) is 30.5 Å². The first-order chi connectivity index (χ1) is 9.35. The van der Waals surface area contributed by atoms with Crippen LogP contribution in [0.2, 0.25) is 0 Å². The molecule has 1 aliphatic heterocycles. The third kappa shape index (κ3) is 3.87. The molecule has 1 aliphatic rings. The number of rotatable bonds is 7. The first kappa shape index (κ1) is 14.2. The van der Waals surface area contributed by atoms with Gasteiger partial charge in [-0.3, -0.25) is 0 Å². The van der Waals surface area contributed by atoms with Crippen molar-refractivity contribution in [2.75, 3.05) is 13.7 Å². The molecule has 106 valence electrons. The standard InChI is InChI=1S/C16H25NO2/c1-3-4-5-6-9-13(17-2)16-12-18-14-10-7-8-11-15(14)19-16/h7-8,10-11,13,16-17H,3-6,9,12H2,1-2H3. The van der Waals surface area contributed by atoms with E-state index in [9.17, 15) is 0 Å². The molecule has 1 N–H and O–H groups in total. The van der Waals surface area contributed by atoms with Crippen molar-refractivity contribution in [2.45, 2.75) is 51.2 Å². The van der Waals surface area contributed by atoms with E-state index < -0.39 is 0 Å². The summed E-state index contributed by atoms with van der Waals surface area (Å²) in [6, 6.07) is 8.26. The van der Waals surface area contributed by atoms with Crippen LogP contribution in [0, 0.1) is 0 Å². The first-order valence-corrected chi connectivity index (χ1v) is 7.41. The molecular formula is C16H25NO2. The van der Waals surface area contributed by atoms with E-state index in [0.717, 1.165) is 17.9 Å². The Morgan fingerprint density at radius 3 is 2.74 bits per heavy atom. The summed E-state index contributed by atoms with van der Waals surface area (Å²) in [4.78, 5) is 0. The number of hydrogen-bond acceptors (Lipinski definition) is 3. The number of likely N-dealkylation sites (N-methyl/N-ethyl adjacent to an activating group) is 1. The predicted octanol–water partition coefficient (Wildman–Crippen LogP) is 3.38. The van der Waals surface area contributed by atoms with Gasteiger partial charge in [0.15, 0.2) is 11.5 Å². The number of ether oxygens (including phenoxy) is 2. The second kappa shape index (κ2) is 7.39. The van der Waals surface area contributed by atoms with E-state index in [1.165, 1.54) is 25.7 Å². The van der Waals surface area contributed by atoms with E-state index in [1.807, 2.05) is 31.3 Å². The van der Waals surface area contributed by atoms with Gasteiger partial charge in [-0.05, 0) is 25.6 Å². The molecule has 2 unspecified atom stereocenters. The fourth-order valence-corrected chi connectivity index (χ4v) is 2.54. The van der Waals surface area contributed by atoms with Crippen molar-refractivity contribution in [3.63, 3.8) is 0 Å². The Morgan fingerprint density at radius 1 is 1.21 bits per heavy atom. The summed E-state index contributed by atoms with van der Waals surface area (Å²) < 4.78 is 11.8. The maximum Gasteiger partial charge on any atom is 0.161 e. The largest absolute Gasteiger partial charge is 0.486 e. The van der Waals surface area contributed by atoms with Crippen molar-refractivity contribution >= 4 is 0 Å². The molecule has 1 aromatic carbocycles. The van der Waals surface area contributed by atoms with Crippen LogP contribution in [0.3, 0.4) is 0 Å². The normalized spacial score (nSPS) is 19.2. The van der Waals surface area contributed by atoms with Gasteiger partial charge in [0, 0.05) is 6.04 Å². The number of benzene rings is 1. The summed E-state index contributed by atoms with van der Waals surface area (Å²) in [5.41, 5.74) is 0. The molecule has 19 heavy (non-hydrogen) atoms. The number of nitrogens with one attached hydrogen (secondary N) is 1. The number of unbranched alkanes of at least 4 members (excludes halogenated alkanes) is 3. The van der Waals surface area contributed by atoms with Crippen molar-refractivity contribution in [1.82, 2.24) is 5.32 Å². The zero-order chi connectivity index (χ0) is 13.5. The highest BCUT2D eigenvalue weighted by atomic mass is 16.6. The van der Waals surface area contributed by atoms with E-state index in [4.69, 9.17) is 9.47 Å². The summed E-state index contributed by atoms with van der Waals surface area (Å²) in [6.07, 6.45) is 6.41. The Hall–Kier alpha value is -1.22. The van der Waals surface area contributed by atoms with Crippen LogP contribution in [-0.4, -0.2) is 25.8 Å². The van der Waals surface area contributed by atoms with Gasteiger partial charge < -0.3 is 14.8 Å². The first-order valence-electron chi connectivity index (χ1n) is 7.41. The second-order valence-corrected chi connectivity index (χ2v) is 5.16. The molecule has 1 aromatic rings. The van der Waals surface area contributed by atoms with Gasteiger partial charge in [-0.25, -0.2) is 0 Å². The van der Waals surface area contributed by atoms with Gasteiger partial charge in [0.2, 0.25) is 0 Å². The summed E-state index contributed by atoms with van der Waals surface area (Å²) in [5, 5.41) is 3.37. The Balaban J connectivity index is 1.87. The second-order valence-electron chi connectivity index (χ2n) is 5.16. The number of para-hydroxylation sites is 2. The number of fused-ring (bicyclic) bond motifs is 1. The molecular weight excluding hydrogens is 238 g/mol. The van der Waals surface area contributed by atoms with Gasteiger partial charge in [-0.1, -0.05) is 44.7 Å². The van der Waals surface area contributed by atoms with Gasteiger partial charge in [0.1, 0.15) is 12.7 Å². The van der Waals surface area contributed by atoms with Gasteiger partial charge in [0.25, 0.3) is 0 Å². The Morgan fingerprint density at radius 2 is 2.00 bits per heavy atom. The average molecular weight is 263 g/mol. The Bertz CT molecular complexity index is 381. The van der Waals surface area contributed by atoms with Crippen molar-refractivity contribution in [3.05, 3.63) is 24.3 Å². The van der Waals surface area contributed by atoms with Gasteiger partial charge in [0.05, 0.1) is 0 Å². The van der Waals surface area contributed by atoms with Crippen LogP contribution in [0.1, 0.15) is 39.0 Å². The van der Waals surface area contributed by atoms with Crippen molar-refractivity contribution in [1.29, 1.82) is 0 Å². The van der Waals surface area contributed by atoms with Crippen LogP contribution < -0.4 is 14.8 Å². The van der Waals surface area contributed by atoms with Crippen LogP contribution >= 0.6 is 0 Å². The zero-order valence-electron chi connectivity index (χ0n) is 12.0. The lowest BCUT2D eigenvalue weighted by molar-refractivity contribution is 0.0609. The Kier molecular flexibility index (Phi) is 5.52. The monoisotopic (exact) mass is 263 g/mol. The third-order valence-electron chi connectivity index (χ3n) is 3.72.